The Morgan fingerprint density at radius 3 is 1.94 bits per heavy atom. The number of imide groups is 1. The number of nitrogens with zero attached hydrogens (tertiary/aromatic N) is 6. The summed E-state index contributed by atoms with van der Waals surface area (Å²) in [7, 11) is 0. The number of aliphatic imine (C=N–C) groups is 1. The van der Waals surface area contributed by atoms with E-state index in [4.69, 9.17) is 26.8 Å². The molecule has 0 spiro atoms. The molecule has 4 aromatic carbocycles. The van der Waals surface area contributed by atoms with E-state index in [1.165, 1.54) is 35.4 Å². The lowest BCUT2D eigenvalue weighted by Gasteiger charge is -2.17. The summed E-state index contributed by atoms with van der Waals surface area (Å²) in [6.07, 6.45) is -13.7. The number of guanidine groups is 1. The first kappa shape index (κ1) is 46.0. The summed E-state index contributed by atoms with van der Waals surface area (Å²) < 4.78 is 111. The molecule has 330 valence electrons. The van der Waals surface area contributed by atoms with Gasteiger partial charge in [-0.3, -0.25) is 14.5 Å². The molecule has 63 heavy (non-hydrogen) atoms. The zero-order valence-corrected chi connectivity index (χ0v) is 31.8. The Balaban J connectivity index is 0.000000297. The van der Waals surface area contributed by atoms with E-state index in [-0.39, 0.29) is 41.6 Å². The standard InChI is InChI=1S/C30H21F4N5O3.C9H9F4N3O.HNO3/c31-28(32)30(33,34)42-19-7-5-6-18(16-19)36-29-35-13-12-24(37-29)23-17-38(25-11-4-3-8-20(23)25)14-15-39-26(40)21-9-1-2-10-22(21)27(39)41;10-7(11)9(12,13)17-6-3-1-2-5(4-6)16-8(14)15;2-1(3)4/h1-13,16-17,28H,14-15H2,(H,35,36,37);1-4,7H,(H4,14,15,16);(H,2,3,4). The van der Waals surface area contributed by atoms with Crippen LogP contribution in [0.4, 0.5) is 52.4 Å². The maximum Gasteiger partial charge on any atom is 0.461 e. The van der Waals surface area contributed by atoms with Crippen LogP contribution in [-0.2, 0) is 6.54 Å². The zero-order chi connectivity index (χ0) is 46.1. The Morgan fingerprint density at radius 1 is 0.794 bits per heavy atom. The van der Waals surface area contributed by atoms with Crippen molar-refractivity contribution in [2.45, 2.75) is 31.6 Å². The smallest absolute Gasteiger partial charge is 0.428 e. The number of fused-ring (bicyclic) bond motifs is 2. The van der Waals surface area contributed by atoms with Crippen molar-refractivity contribution in [1.82, 2.24) is 19.4 Å². The number of para-hydroxylation sites is 1. The van der Waals surface area contributed by atoms with Crippen LogP contribution in [0, 0.1) is 10.1 Å². The van der Waals surface area contributed by atoms with E-state index in [2.05, 4.69) is 29.8 Å². The van der Waals surface area contributed by atoms with E-state index in [1.807, 2.05) is 35.0 Å². The molecule has 3 heterocycles. The molecule has 0 radical (unpaired) electrons. The third-order valence-electron chi connectivity index (χ3n) is 8.34. The number of nitrogens with one attached hydrogen (secondary N) is 1. The van der Waals surface area contributed by atoms with Gasteiger partial charge in [-0.25, -0.2) is 15.0 Å². The van der Waals surface area contributed by atoms with Crippen LogP contribution in [0.5, 0.6) is 11.5 Å². The largest absolute Gasteiger partial charge is 0.461 e. The molecule has 6 N–H and O–H groups in total. The van der Waals surface area contributed by atoms with Crippen molar-refractivity contribution in [3.8, 4) is 22.8 Å². The van der Waals surface area contributed by atoms with E-state index < -0.39 is 41.7 Å². The minimum Gasteiger partial charge on any atom is -0.428 e. The number of rotatable bonds is 13. The van der Waals surface area contributed by atoms with E-state index in [0.717, 1.165) is 40.7 Å². The van der Waals surface area contributed by atoms with Crippen LogP contribution < -0.4 is 26.3 Å². The van der Waals surface area contributed by atoms with Gasteiger partial charge in [0.1, 0.15) is 11.5 Å². The lowest BCUT2D eigenvalue weighted by molar-refractivity contribution is -0.742. The number of alkyl halides is 8. The summed E-state index contributed by atoms with van der Waals surface area (Å²) in [5.41, 5.74) is 13.4. The third kappa shape index (κ3) is 11.8. The monoisotopic (exact) mass is 889 g/mol. The number of ether oxygens (including phenoxy) is 2. The van der Waals surface area contributed by atoms with Crippen LogP contribution in [0.25, 0.3) is 22.2 Å². The number of anilines is 2. The fraction of sp³-hybridized carbons (Fsp3) is 0.154. The van der Waals surface area contributed by atoms with Crippen LogP contribution in [0.1, 0.15) is 20.7 Å². The Labute approximate surface area is 349 Å². The van der Waals surface area contributed by atoms with E-state index in [9.17, 15) is 44.7 Å². The van der Waals surface area contributed by atoms with Crippen molar-refractivity contribution in [1.29, 1.82) is 0 Å². The average molecular weight is 890 g/mol. The number of carbonyl (C=O) groups is 2. The summed E-state index contributed by atoms with van der Waals surface area (Å²) in [5, 5.41) is 17.4. The van der Waals surface area contributed by atoms with Crippen molar-refractivity contribution in [3.05, 3.63) is 137 Å². The maximum absolute atomic E-state index is 13.3. The summed E-state index contributed by atoms with van der Waals surface area (Å²) in [5.74, 6) is -1.73. The minimum atomic E-state index is -4.64. The molecule has 2 aromatic heterocycles. The van der Waals surface area contributed by atoms with Crippen LogP contribution in [0.3, 0.4) is 0 Å². The van der Waals surface area contributed by atoms with Crippen molar-refractivity contribution >= 4 is 46.0 Å². The van der Waals surface area contributed by atoms with Gasteiger partial charge in [-0.05, 0) is 48.5 Å². The zero-order valence-electron chi connectivity index (χ0n) is 31.8. The van der Waals surface area contributed by atoms with Crippen LogP contribution in [0.2, 0.25) is 0 Å². The molecule has 0 bridgehead atoms. The molecule has 0 aliphatic carbocycles. The van der Waals surface area contributed by atoms with Gasteiger partial charge in [0.15, 0.2) is 5.96 Å². The number of nitrogens with two attached hydrogens (primary N) is 2. The second kappa shape index (κ2) is 19.6. The normalized spacial score (nSPS) is 12.3. The molecule has 0 unspecified atom stereocenters. The van der Waals surface area contributed by atoms with Crippen molar-refractivity contribution in [2.75, 3.05) is 11.9 Å². The highest BCUT2D eigenvalue weighted by molar-refractivity contribution is 6.21. The van der Waals surface area contributed by atoms with Crippen molar-refractivity contribution in [2.24, 2.45) is 16.5 Å². The summed E-state index contributed by atoms with van der Waals surface area (Å²) >= 11 is 0. The maximum atomic E-state index is 13.3. The Morgan fingerprint density at radius 2 is 1.35 bits per heavy atom. The second-order valence-electron chi connectivity index (χ2n) is 12.7. The van der Waals surface area contributed by atoms with Crippen LogP contribution in [-0.4, -0.2) is 79.1 Å². The number of amides is 2. The highest BCUT2D eigenvalue weighted by Gasteiger charge is 2.45. The number of aromatic nitrogens is 3. The highest BCUT2D eigenvalue weighted by Crippen LogP contribution is 2.33. The molecule has 2 amide bonds. The Bertz CT molecular complexity index is 2590. The molecule has 0 saturated heterocycles. The molecule has 6 aromatic rings. The summed E-state index contributed by atoms with van der Waals surface area (Å²) in [6, 6.07) is 26.0. The third-order valence-corrected chi connectivity index (χ3v) is 8.34. The molecule has 0 fully saturated rings. The van der Waals surface area contributed by atoms with Crippen LogP contribution in [0.15, 0.2) is 121 Å². The van der Waals surface area contributed by atoms with Crippen molar-refractivity contribution < 1.29 is 64.5 Å². The number of hydrogen-bond donors (Lipinski definition) is 4. The first-order valence-corrected chi connectivity index (χ1v) is 17.7. The van der Waals surface area contributed by atoms with Gasteiger partial charge >= 0.3 is 25.1 Å². The molecule has 16 nitrogen and oxygen atoms in total. The topological polar surface area (TPSA) is 226 Å². The van der Waals surface area contributed by atoms with Gasteiger partial charge in [-0.2, -0.15) is 35.1 Å². The molecule has 24 heteroatoms. The molecule has 0 saturated carbocycles. The Hall–Kier alpha value is -8.05. The molecule has 7 rings (SSSR count). The van der Waals surface area contributed by atoms with Gasteiger partial charge in [-0.15, -0.1) is 10.1 Å². The second-order valence-corrected chi connectivity index (χ2v) is 12.7. The quantitative estimate of drug-likeness (QED) is 0.0217. The molecular formula is C39H31F8N9O7. The SMILES string of the molecule is NC(N)=Nc1cccc(OC(F)(F)C(F)F)c1.O=C1c2ccccc2C(=O)N1CCn1cc(-c2ccnc(Nc3cccc(OC(F)(F)C(F)F)c3)n2)c2ccccc21.O=[N+]([O-])O. The number of hydrogen-bond acceptors (Lipinski definition) is 10. The fourth-order valence-corrected chi connectivity index (χ4v) is 5.79. The summed E-state index contributed by atoms with van der Waals surface area (Å²) in [6.45, 7) is 0.516. The van der Waals surface area contributed by atoms with E-state index in [1.54, 1.807) is 30.3 Å². The average Bonchev–Trinajstić information content (AvgIpc) is 3.70. The van der Waals surface area contributed by atoms with E-state index in [0.29, 0.717) is 23.4 Å². The molecule has 1 aliphatic heterocycles. The fourth-order valence-electron chi connectivity index (χ4n) is 5.79. The number of carbonyl (C=O) groups excluding carboxylic acids is 2. The first-order chi connectivity index (χ1) is 29.7. The lowest BCUT2D eigenvalue weighted by Crippen LogP contribution is -2.33. The van der Waals surface area contributed by atoms with Crippen LogP contribution >= 0.6 is 0 Å². The predicted octanol–water partition coefficient (Wildman–Crippen LogP) is 7.86. The minimum absolute atomic E-state index is 0.118. The highest BCUT2D eigenvalue weighted by atomic mass is 19.3. The van der Waals surface area contributed by atoms with Gasteiger partial charge < -0.3 is 36.0 Å². The van der Waals surface area contributed by atoms with Gasteiger partial charge in [0, 0.05) is 59.8 Å². The predicted molar refractivity (Wildman–Crippen MR) is 208 cm³/mol. The van der Waals surface area contributed by atoms with Gasteiger partial charge in [0.05, 0.1) is 22.5 Å². The van der Waals surface area contributed by atoms with Gasteiger partial charge in [0.2, 0.25) is 5.95 Å². The first-order valence-electron chi connectivity index (χ1n) is 17.7. The molecule has 1 aliphatic rings. The molecular weight excluding hydrogens is 858 g/mol. The number of benzene rings is 4. The van der Waals surface area contributed by atoms with Gasteiger partial charge in [0.25, 0.3) is 16.9 Å². The van der Waals surface area contributed by atoms with E-state index >= 15 is 0 Å². The summed E-state index contributed by atoms with van der Waals surface area (Å²) in [4.78, 5) is 47.5. The lowest BCUT2D eigenvalue weighted by atomic mass is 10.1. The van der Waals surface area contributed by atoms with Gasteiger partial charge in [-0.1, -0.05) is 42.5 Å². The van der Waals surface area contributed by atoms with Crippen molar-refractivity contribution in [3.63, 3.8) is 0 Å². The molecule has 0 atom stereocenters. The Kier molecular flexibility index (Phi) is 14.3. The number of halogens is 8.